The molecule has 0 bridgehead atoms. The minimum Gasteiger partial charge on any atom is -0.478 e. The second-order valence-electron chi connectivity index (χ2n) is 8.44. The van der Waals surface area contributed by atoms with Gasteiger partial charge < -0.3 is 15.5 Å². The number of hydrogen-bond acceptors (Lipinski definition) is 5. The zero-order chi connectivity index (χ0) is 25.6. The van der Waals surface area contributed by atoms with Gasteiger partial charge in [0, 0.05) is 23.7 Å². The Morgan fingerprint density at radius 1 is 1.08 bits per heavy atom. The van der Waals surface area contributed by atoms with Gasteiger partial charge >= 0.3 is 5.97 Å². The maximum absolute atomic E-state index is 13.2. The number of sulfone groups is 1. The molecule has 36 heavy (non-hydrogen) atoms. The third-order valence-electron chi connectivity index (χ3n) is 5.53. The van der Waals surface area contributed by atoms with Crippen molar-refractivity contribution in [2.45, 2.75) is 42.2 Å². The molecule has 3 N–H and O–H groups in total. The standard InChI is InChI=1S/C27H28ClNO5S.ClH/c1-18-6-12-26(22(14-18)9-13-27(31)32)35(33,34)24-10-7-20(8-11-24)15-19(2)29-17-25(30)21-4-3-5-23(28)16-21;/h3-14,16,19,25,29-30H,15,17H2,1-2H3,(H,31,32);1H/b13-9-;/t19-,25-;/m1./s1. The van der Waals surface area contributed by atoms with Crippen molar-refractivity contribution in [1.82, 2.24) is 5.32 Å². The Bertz CT molecular complexity index is 1320. The molecular formula is C27H29Cl2NO5S. The molecule has 3 rings (SSSR count). The molecule has 6 nitrogen and oxygen atoms in total. The Balaban J connectivity index is 0.00000456. The van der Waals surface area contributed by atoms with Crippen LogP contribution in [0.25, 0.3) is 6.08 Å². The number of aliphatic hydroxyl groups is 1. The summed E-state index contributed by atoms with van der Waals surface area (Å²) >= 11 is 5.99. The summed E-state index contributed by atoms with van der Waals surface area (Å²) in [6.45, 7) is 4.16. The Labute approximate surface area is 223 Å². The molecule has 0 aliphatic carbocycles. The lowest BCUT2D eigenvalue weighted by Crippen LogP contribution is -2.32. The van der Waals surface area contributed by atoms with E-state index in [1.165, 1.54) is 12.1 Å². The smallest absolute Gasteiger partial charge is 0.328 e. The average Bonchev–Trinajstić information content (AvgIpc) is 2.81. The van der Waals surface area contributed by atoms with Crippen molar-refractivity contribution < 1.29 is 23.4 Å². The van der Waals surface area contributed by atoms with Crippen LogP contribution in [0.5, 0.6) is 0 Å². The Hall–Kier alpha value is -2.68. The van der Waals surface area contributed by atoms with Gasteiger partial charge in [0.2, 0.25) is 9.84 Å². The normalized spacial score (nSPS) is 13.2. The minimum absolute atomic E-state index is 0. The zero-order valence-electron chi connectivity index (χ0n) is 19.9. The number of hydrogen-bond donors (Lipinski definition) is 3. The highest BCUT2D eigenvalue weighted by atomic mass is 35.5. The number of aliphatic hydroxyl groups excluding tert-OH is 1. The van der Waals surface area contributed by atoms with Gasteiger partial charge in [-0.25, -0.2) is 13.2 Å². The average molecular weight is 551 g/mol. The summed E-state index contributed by atoms with van der Waals surface area (Å²) in [4.78, 5) is 11.1. The molecule has 0 fully saturated rings. The number of aliphatic carboxylic acids is 1. The molecular weight excluding hydrogens is 521 g/mol. The molecule has 0 saturated carbocycles. The predicted octanol–water partition coefficient (Wildman–Crippen LogP) is 5.26. The maximum atomic E-state index is 13.2. The first-order valence-corrected chi connectivity index (χ1v) is 12.9. The summed E-state index contributed by atoms with van der Waals surface area (Å²) in [5, 5.41) is 23.2. The maximum Gasteiger partial charge on any atom is 0.328 e. The lowest BCUT2D eigenvalue weighted by atomic mass is 10.1. The monoisotopic (exact) mass is 549 g/mol. The number of aryl methyl sites for hydroxylation is 1. The minimum atomic E-state index is -3.84. The van der Waals surface area contributed by atoms with E-state index in [0.717, 1.165) is 22.8 Å². The van der Waals surface area contributed by atoms with Crippen LogP contribution in [0.3, 0.4) is 0 Å². The number of carbonyl (C=O) groups is 1. The van der Waals surface area contributed by atoms with E-state index in [9.17, 15) is 18.3 Å². The van der Waals surface area contributed by atoms with E-state index in [1.807, 2.05) is 19.9 Å². The fourth-order valence-electron chi connectivity index (χ4n) is 3.71. The third kappa shape index (κ3) is 7.91. The van der Waals surface area contributed by atoms with Crippen LogP contribution in [0.4, 0.5) is 0 Å². The number of carboxylic acids is 1. The molecule has 3 aromatic carbocycles. The van der Waals surface area contributed by atoms with Crippen LogP contribution in [-0.4, -0.2) is 37.2 Å². The van der Waals surface area contributed by atoms with E-state index in [2.05, 4.69) is 5.32 Å². The van der Waals surface area contributed by atoms with Gasteiger partial charge in [-0.15, -0.1) is 12.4 Å². The molecule has 9 heteroatoms. The number of halogens is 2. The van der Waals surface area contributed by atoms with Crippen molar-refractivity contribution in [2.75, 3.05) is 6.54 Å². The quantitative estimate of drug-likeness (QED) is 0.298. The Kier molecular flexibility index (Phi) is 10.7. The molecule has 0 heterocycles. The molecule has 3 aromatic rings. The largest absolute Gasteiger partial charge is 0.478 e. The van der Waals surface area contributed by atoms with Crippen molar-refractivity contribution in [3.63, 3.8) is 0 Å². The summed E-state index contributed by atoms with van der Waals surface area (Å²) in [6, 6.07) is 18.6. The van der Waals surface area contributed by atoms with E-state index < -0.39 is 21.9 Å². The van der Waals surface area contributed by atoms with E-state index >= 15 is 0 Å². The Morgan fingerprint density at radius 2 is 1.78 bits per heavy atom. The summed E-state index contributed by atoms with van der Waals surface area (Å²) in [5.74, 6) is -1.15. The molecule has 0 aliphatic heterocycles. The highest BCUT2D eigenvalue weighted by molar-refractivity contribution is 7.91. The first-order chi connectivity index (χ1) is 16.6. The van der Waals surface area contributed by atoms with Gasteiger partial charge in [-0.1, -0.05) is 53.6 Å². The van der Waals surface area contributed by atoms with Crippen LogP contribution >= 0.6 is 24.0 Å². The zero-order valence-corrected chi connectivity index (χ0v) is 22.3. The molecule has 192 valence electrons. The van der Waals surface area contributed by atoms with E-state index in [4.69, 9.17) is 16.7 Å². The molecule has 0 aliphatic rings. The number of nitrogens with one attached hydrogen (secondary N) is 1. The van der Waals surface area contributed by atoms with Crippen molar-refractivity contribution >= 4 is 45.9 Å². The van der Waals surface area contributed by atoms with Gasteiger partial charge in [-0.2, -0.15) is 0 Å². The predicted molar refractivity (Wildman–Crippen MR) is 145 cm³/mol. The van der Waals surface area contributed by atoms with Crippen LogP contribution < -0.4 is 5.32 Å². The molecule has 0 radical (unpaired) electrons. The second kappa shape index (κ2) is 13.0. The van der Waals surface area contributed by atoms with Crippen LogP contribution in [0.1, 0.15) is 35.3 Å². The fourth-order valence-corrected chi connectivity index (χ4v) is 5.34. The first-order valence-electron chi connectivity index (χ1n) is 11.1. The van der Waals surface area contributed by atoms with E-state index in [0.29, 0.717) is 23.6 Å². The topological polar surface area (TPSA) is 104 Å². The molecule has 0 unspecified atom stereocenters. The van der Waals surface area contributed by atoms with E-state index in [1.54, 1.807) is 54.6 Å². The summed E-state index contributed by atoms with van der Waals surface area (Å²) in [5.41, 5.74) is 2.83. The molecule has 0 spiro atoms. The van der Waals surface area contributed by atoms with Crippen molar-refractivity contribution in [1.29, 1.82) is 0 Å². The van der Waals surface area contributed by atoms with Gasteiger partial charge in [-0.3, -0.25) is 0 Å². The first kappa shape index (κ1) is 29.5. The molecule has 0 amide bonds. The molecule has 0 aromatic heterocycles. The molecule has 0 saturated heterocycles. The van der Waals surface area contributed by atoms with Gasteiger partial charge in [-0.05, 0) is 73.4 Å². The van der Waals surface area contributed by atoms with Crippen LogP contribution in [0, 0.1) is 6.92 Å². The highest BCUT2D eigenvalue weighted by Gasteiger charge is 2.21. The van der Waals surface area contributed by atoms with Crippen molar-refractivity contribution in [2.24, 2.45) is 0 Å². The lowest BCUT2D eigenvalue weighted by Gasteiger charge is -2.18. The van der Waals surface area contributed by atoms with Crippen molar-refractivity contribution in [3.8, 4) is 0 Å². The molecule has 2 atom stereocenters. The highest BCUT2D eigenvalue weighted by Crippen LogP contribution is 2.26. The van der Waals surface area contributed by atoms with Gasteiger partial charge in [0.05, 0.1) is 15.9 Å². The van der Waals surface area contributed by atoms with Gasteiger partial charge in [0.1, 0.15) is 0 Å². The van der Waals surface area contributed by atoms with Crippen LogP contribution in [0.15, 0.2) is 82.6 Å². The number of rotatable bonds is 10. The second-order valence-corrected chi connectivity index (χ2v) is 10.8. The summed E-state index contributed by atoms with van der Waals surface area (Å²) in [7, 11) is -3.84. The van der Waals surface area contributed by atoms with E-state index in [-0.39, 0.29) is 28.2 Å². The fraction of sp³-hybridized carbons (Fsp3) is 0.222. The van der Waals surface area contributed by atoms with Crippen LogP contribution in [0.2, 0.25) is 5.02 Å². The van der Waals surface area contributed by atoms with Crippen LogP contribution in [-0.2, 0) is 21.1 Å². The van der Waals surface area contributed by atoms with Gasteiger partial charge in [0.25, 0.3) is 0 Å². The lowest BCUT2D eigenvalue weighted by molar-refractivity contribution is -0.131. The number of carboxylic acid groups (broad SMARTS) is 1. The Morgan fingerprint density at radius 3 is 2.42 bits per heavy atom. The van der Waals surface area contributed by atoms with Gasteiger partial charge in [0.15, 0.2) is 0 Å². The number of benzene rings is 3. The SMILES string of the molecule is Cc1ccc(S(=O)(=O)c2ccc(C[C@@H](C)NC[C@@H](O)c3cccc(Cl)c3)cc2)c(/C=C\C(=O)O)c1.Cl. The summed E-state index contributed by atoms with van der Waals surface area (Å²) in [6.07, 6.45) is 2.17. The van der Waals surface area contributed by atoms with Crippen molar-refractivity contribution in [3.05, 3.63) is 100 Å². The third-order valence-corrected chi connectivity index (χ3v) is 7.61. The summed E-state index contributed by atoms with van der Waals surface area (Å²) < 4.78 is 26.5.